The lowest BCUT2D eigenvalue weighted by molar-refractivity contribution is -0.142. The fourth-order valence-electron chi connectivity index (χ4n) is 6.35. The van der Waals surface area contributed by atoms with E-state index in [2.05, 4.69) is 0 Å². The van der Waals surface area contributed by atoms with E-state index in [9.17, 15) is 29.1 Å². The van der Waals surface area contributed by atoms with Gasteiger partial charge in [-0.1, -0.05) is 23.8 Å². The minimum Gasteiger partial charge on any atom is -0.504 e. The van der Waals surface area contributed by atoms with Gasteiger partial charge in [-0.3, -0.25) is 28.9 Å². The summed E-state index contributed by atoms with van der Waals surface area (Å²) < 4.78 is 5.29. The van der Waals surface area contributed by atoms with Crippen LogP contribution >= 0.6 is 0 Å². The molecule has 1 aliphatic heterocycles. The summed E-state index contributed by atoms with van der Waals surface area (Å²) in [5, 5.41) is 20.0. The molecule has 9 heteroatoms. The lowest BCUT2D eigenvalue weighted by Gasteiger charge is -2.42. The number of Topliss-reactive ketones (excluding diaryl/α,β-unsaturated/α-hetero) is 1. The van der Waals surface area contributed by atoms with Crippen LogP contribution in [0.15, 0.2) is 52.6 Å². The van der Waals surface area contributed by atoms with Crippen molar-refractivity contribution in [2.24, 2.45) is 17.8 Å². The Morgan fingerprint density at radius 3 is 2.59 bits per heavy atom. The number of hydrogen-bond acceptors (Lipinski definition) is 7. The average molecular weight is 506 g/mol. The smallest absolute Gasteiger partial charge is 0.303 e. The van der Waals surface area contributed by atoms with E-state index in [1.54, 1.807) is 25.1 Å². The molecule has 2 amide bonds. The molecule has 0 spiro atoms. The number of phenols is 1. The minimum absolute atomic E-state index is 0.0202. The monoisotopic (exact) mass is 505 g/mol. The lowest BCUT2D eigenvalue weighted by Crippen LogP contribution is -2.40. The molecule has 4 atom stereocenters. The van der Waals surface area contributed by atoms with E-state index in [0.717, 1.165) is 10.5 Å². The van der Waals surface area contributed by atoms with Crippen LogP contribution in [0.5, 0.6) is 11.5 Å². The van der Waals surface area contributed by atoms with Crippen LogP contribution in [0.2, 0.25) is 0 Å². The molecule has 1 aromatic rings. The van der Waals surface area contributed by atoms with Crippen LogP contribution in [0.4, 0.5) is 0 Å². The Morgan fingerprint density at radius 1 is 1.14 bits per heavy atom. The highest BCUT2D eigenvalue weighted by Crippen LogP contribution is 2.56. The Balaban J connectivity index is 1.61. The van der Waals surface area contributed by atoms with Crippen molar-refractivity contribution in [3.05, 3.63) is 58.2 Å². The minimum atomic E-state index is -1.00. The maximum Gasteiger partial charge on any atom is 0.303 e. The lowest BCUT2D eigenvalue weighted by atomic mass is 9.59. The molecule has 5 rings (SSSR count). The first-order chi connectivity index (χ1) is 17.6. The van der Waals surface area contributed by atoms with Gasteiger partial charge in [0.2, 0.25) is 11.8 Å². The first-order valence-corrected chi connectivity index (χ1v) is 12.3. The van der Waals surface area contributed by atoms with Gasteiger partial charge in [0.25, 0.3) is 0 Å². The van der Waals surface area contributed by atoms with Crippen molar-refractivity contribution < 1.29 is 38.9 Å². The van der Waals surface area contributed by atoms with Gasteiger partial charge >= 0.3 is 5.97 Å². The van der Waals surface area contributed by atoms with E-state index in [1.807, 2.05) is 6.08 Å². The molecule has 0 aromatic heterocycles. The first kappa shape index (κ1) is 24.7. The van der Waals surface area contributed by atoms with Crippen LogP contribution in [0, 0.1) is 17.8 Å². The summed E-state index contributed by atoms with van der Waals surface area (Å²) in [6.45, 7) is 1.60. The SMILES string of the molecule is COc1cccc(C2C3=CCC4C(=O)N(CCCC(=O)O)C(=O)C4C3CC3=C2C(=O)C=C(C)C3=O)c1O. The third-order valence-electron chi connectivity index (χ3n) is 7.99. The number of rotatable bonds is 6. The van der Waals surface area contributed by atoms with Crippen molar-refractivity contribution in [2.75, 3.05) is 13.7 Å². The molecule has 1 heterocycles. The summed E-state index contributed by atoms with van der Waals surface area (Å²) in [4.78, 5) is 65.3. The third-order valence-corrected chi connectivity index (χ3v) is 7.99. The Bertz CT molecular complexity index is 1350. The predicted molar refractivity (Wildman–Crippen MR) is 130 cm³/mol. The van der Waals surface area contributed by atoms with Crippen molar-refractivity contribution in [3.8, 4) is 11.5 Å². The standard InChI is InChI=1S/C28H27NO8/c1-13-11-19(30)24-18(25(13)33)12-17-14(22(24)15-5-3-6-20(37-2)26(15)34)8-9-16-23(17)28(36)29(27(16)35)10-4-7-21(31)32/h3,5-6,8,11,16-17,22-23,34H,4,7,9-10,12H2,1-2H3,(H,31,32). The second kappa shape index (κ2) is 9.14. The molecule has 3 aliphatic carbocycles. The van der Waals surface area contributed by atoms with Gasteiger partial charge in [-0.25, -0.2) is 0 Å². The van der Waals surface area contributed by atoms with Crippen LogP contribution in [-0.4, -0.2) is 58.1 Å². The molecule has 0 saturated carbocycles. The zero-order valence-corrected chi connectivity index (χ0v) is 20.5. The molecule has 0 bridgehead atoms. The number of para-hydroxylation sites is 1. The number of imide groups is 1. The summed E-state index contributed by atoms with van der Waals surface area (Å²) in [7, 11) is 1.42. The molecule has 1 aromatic carbocycles. The quantitative estimate of drug-likeness (QED) is 0.342. The van der Waals surface area contributed by atoms with E-state index >= 15 is 0 Å². The number of hydrogen-bond donors (Lipinski definition) is 2. The molecule has 9 nitrogen and oxygen atoms in total. The summed E-state index contributed by atoms with van der Waals surface area (Å²) in [5.74, 6) is -4.87. The van der Waals surface area contributed by atoms with E-state index in [1.165, 1.54) is 13.2 Å². The van der Waals surface area contributed by atoms with E-state index < -0.39 is 29.6 Å². The molecule has 2 N–H and O–H groups in total. The normalized spacial score (nSPS) is 26.9. The van der Waals surface area contributed by atoms with Gasteiger partial charge in [0.1, 0.15) is 0 Å². The number of aliphatic carboxylic acids is 1. The number of carboxylic acid groups (broad SMARTS) is 1. The molecule has 37 heavy (non-hydrogen) atoms. The molecular formula is C28H27NO8. The highest BCUT2D eigenvalue weighted by atomic mass is 16.5. The Morgan fingerprint density at radius 2 is 1.89 bits per heavy atom. The van der Waals surface area contributed by atoms with Gasteiger partial charge in [0.05, 0.1) is 18.9 Å². The van der Waals surface area contributed by atoms with Gasteiger partial charge in [-0.2, -0.15) is 0 Å². The number of carbonyl (C=O) groups is 5. The molecule has 1 saturated heterocycles. The van der Waals surface area contributed by atoms with Gasteiger partial charge in [-0.05, 0) is 44.2 Å². The van der Waals surface area contributed by atoms with Gasteiger partial charge < -0.3 is 14.9 Å². The maximum absolute atomic E-state index is 13.5. The van der Waals surface area contributed by atoms with Crippen LogP contribution in [0.1, 0.15) is 44.1 Å². The zero-order valence-electron chi connectivity index (χ0n) is 20.5. The second-order valence-electron chi connectivity index (χ2n) is 9.95. The second-order valence-corrected chi connectivity index (χ2v) is 9.95. The number of carboxylic acids is 1. The molecule has 1 fully saturated rings. The topological polar surface area (TPSA) is 138 Å². The van der Waals surface area contributed by atoms with Crippen molar-refractivity contribution in [3.63, 3.8) is 0 Å². The summed E-state index contributed by atoms with van der Waals surface area (Å²) >= 11 is 0. The molecular weight excluding hydrogens is 478 g/mol. The number of allylic oxidation sites excluding steroid dienone is 6. The number of amides is 2. The molecule has 4 unspecified atom stereocenters. The third kappa shape index (κ3) is 3.80. The summed E-state index contributed by atoms with van der Waals surface area (Å²) in [6.07, 6.45) is 3.60. The number of ketones is 2. The van der Waals surface area contributed by atoms with Crippen molar-refractivity contribution in [1.29, 1.82) is 0 Å². The Hall–Kier alpha value is -4.01. The highest BCUT2D eigenvalue weighted by Gasteiger charge is 2.56. The van der Waals surface area contributed by atoms with Crippen LogP contribution < -0.4 is 4.74 Å². The van der Waals surface area contributed by atoms with Crippen molar-refractivity contribution in [1.82, 2.24) is 4.90 Å². The highest BCUT2D eigenvalue weighted by molar-refractivity contribution is 6.23. The van der Waals surface area contributed by atoms with Gasteiger partial charge in [0.15, 0.2) is 23.1 Å². The molecule has 4 aliphatic rings. The number of benzene rings is 1. The first-order valence-electron chi connectivity index (χ1n) is 12.3. The number of ether oxygens (including phenoxy) is 1. The van der Waals surface area contributed by atoms with Crippen LogP contribution in [0.3, 0.4) is 0 Å². The Labute approximate surface area is 213 Å². The number of phenolic OH excluding ortho intramolecular Hbond substituents is 1. The fraction of sp³-hybridized carbons (Fsp3) is 0.393. The maximum atomic E-state index is 13.5. The van der Waals surface area contributed by atoms with E-state index in [-0.39, 0.29) is 72.7 Å². The van der Waals surface area contributed by atoms with Crippen molar-refractivity contribution >= 4 is 29.4 Å². The number of carbonyl (C=O) groups excluding carboxylic acids is 4. The number of nitrogens with zero attached hydrogens (tertiary/aromatic N) is 1. The molecule has 192 valence electrons. The number of aromatic hydroxyl groups is 1. The fourth-order valence-corrected chi connectivity index (χ4v) is 6.35. The molecule has 0 radical (unpaired) electrons. The zero-order chi connectivity index (χ0) is 26.6. The largest absolute Gasteiger partial charge is 0.504 e. The summed E-state index contributed by atoms with van der Waals surface area (Å²) in [5.41, 5.74) is 2.03. The predicted octanol–water partition coefficient (Wildman–Crippen LogP) is 2.70. The summed E-state index contributed by atoms with van der Waals surface area (Å²) in [6, 6.07) is 4.95. The average Bonchev–Trinajstić information content (AvgIpc) is 3.11. The van der Waals surface area contributed by atoms with Gasteiger partial charge in [-0.15, -0.1) is 0 Å². The van der Waals surface area contributed by atoms with Crippen molar-refractivity contribution in [2.45, 2.75) is 38.5 Å². The number of likely N-dealkylation sites (tertiary alicyclic amines) is 1. The van der Waals surface area contributed by atoms with Crippen LogP contribution in [-0.2, 0) is 24.0 Å². The van der Waals surface area contributed by atoms with Gasteiger partial charge in [0, 0.05) is 41.2 Å². The van der Waals surface area contributed by atoms with Crippen LogP contribution in [0.25, 0.3) is 0 Å². The van der Waals surface area contributed by atoms with E-state index in [0.29, 0.717) is 16.7 Å². The Kier molecular flexibility index (Phi) is 6.09. The van der Waals surface area contributed by atoms with E-state index in [4.69, 9.17) is 9.84 Å². The number of fused-ring (bicyclic) bond motifs is 3. The number of methoxy groups -OCH3 is 1.